The third-order valence-electron chi connectivity index (χ3n) is 4.46. The number of hydrogen-bond donors (Lipinski definition) is 1. The van der Waals surface area contributed by atoms with Crippen molar-refractivity contribution < 1.29 is 13.6 Å². The molecule has 9 heteroatoms. The van der Waals surface area contributed by atoms with Crippen LogP contribution < -0.4 is 16.6 Å². The van der Waals surface area contributed by atoms with Gasteiger partial charge in [-0.15, -0.1) is 11.3 Å². The maximum absolute atomic E-state index is 14.1. The fourth-order valence-corrected chi connectivity index (χ4v) is 3.86. The number of rotatable bonds is 6. The van der Waals surface area contributed by atoms with Crippen molar-refractivity contribution in [1.82, 2.24) is 14.5 Å². The highest BCUT2D eigenvalue weighted by Gasteiger charge is 2.17. The molecule has 0 aliphatic rings. The molecule has 0 aliphatic heterocycles. The predicted molar refractivity (Wildman–Crippen MR) is 106 cm³/mol. The number of aromatic nitrogens is 2. The van der Waals surface area contributed by atoms with Crippen molar-refractivity contribution in [3.8, 4) is 0 Å². The van der Waals surface area contributed by atoms with Crippen LogP contribution in [0.3, 0.4) is 0 Å². The Morgan fingerprint density at radius 2 is 1.93 bits per heavy atom. The molecule has 0 saturated carbocycles. The Hall–Kier alpha value is -3.46. The second kappa shape index (κ2) is 7.88. The molecule has 0 aliphatic carbocycles. The summed E-state index contributed by atoms with van der Waals surface area (Å²) in [5.41, 5.74) is -0.481. The van der Waals surface area contributed by atoms with Gasteiger partial charge in [-0.25, -0.2) is 13.8 Å². The maximum Gasteiger partial charge on any atom is 0.332 e. The Morgan fingerprint density at radius 1 is 1.10 bits per heavy atom. The van der Waals surface area contributed by atoms with E-state index in [0.717, 1.165) is 4.57 Å². The molecule has 4 rings (SSSR count). The van der Waals surface area contributed by atoms with E-state index >= 15 is 0 Å². The second-order valence-electron chi connectivity index (χ2n) is 6.34. The molecule has 3 aromatic heterocycles. The van der Waals surface area contributed by atoms with Crippen LogP contribution in [0.5, 0.6) is 0 Å². The molecule has 0 fully saturated rings. The quantitative estimate of drug-likeness (QED) is 0.526. The number of nitrogens with zero attached hydrogens (tertiary/aromatic N) is 2. The molecule has 1 amide bonds. The molecular formula is C20H16FN3O4S. The van der Waals surface area contributed by atoms with Crippen molar-refractivity contribution >= 4 is 27.5 Å². The topological polar surface area (TPSA) is 86.2 Å². The molecule has 3 heterocycles. The number of thiophene rings is 1. The van der Waals surface area contributed by atoms with Crippen LogP contribution in [0, 0.1) is 5.82 Å². The molecule has 148 valence electrons. The van der Waals surface area contributed by atoms with Gasteiger partial charge in [0.25, 0.3) is 5.56 Å². The van der Waals surface area contributed by atoms with Crippen LogP contribution in [-0.2, 0) is 24.4 Å². The standard InChI is InChI=1S/C20H16FN3O4S/c21-15-6-2-1-4-13(15)11-23-16-7-9-29-18(16)19(26)24(20(23)27)12-17(25)22-10-14-5-3-8-28-14/h1-9H,10-12H2,(H,22,25). The Labute approximate surface area is 167 Å². The van der Waals surface area contributed by atoms with Crippen molar-refractivity contribution in [1.29, 1.82) is 0 Å². The third-order valence-corrected chi connectivity index (χ3v) is 5.36. The summed E-state index contributed by atoms with van der Waals surface area (Å²) in [7, 11) is 0. The van der Waals surface area contributed by atoms with Crippen molar-refractivity contribution in [3.05, 3.63) is 92.1 Å². The monoisotopic (exact) mass is 413 g/mol. The number of carbonyl (C=O) groups excluding carboxylic acids is 1. The minimum absolute atomic E-state index is 0.0486. The van der Waals surface area contributed by atoms with E-state index in [0.29, 0.717) is 21.5 Å². The number of hydrogen-bond acceptors (Lipinski definition) is 5. The molecule has 0 bridgehead atoms. The number of nitrogens with one attached hydrogen (secondary N) is 1. The van der Waals surface area contributed by atoms with E-state index in [1.54, 1.807) is 41.8 Å². The molecule has 0 radical (unpaired) electrons. The molecule has 0 spiro atoms. The lowest BCUT2D eigenvalue weighted by atomic mass is 10.2. The number of carbonyl (C=O) groups is 1. The average molecular weight is 413 g/mol. The SMILES string of the molecule is O=C(Cn1c(=O)c2sccc2n(Cc2ccccc2F)c1=O)NCc1ccco1. The zero-order valence-corrected chi connectivity index (χ0v) is 15.9. The largest absolute Gasteiger partial charge is 0.467 e. The van der Waals surface area contributed by atoms with Crippen LogP contribution in [0.1, 0.15) is 11.3 Å². The zero-order chi connectivity index (χ0) is 20.4. The Kier molecular flexibility index (Phi) is 5.13. The highest BCUT2D eigenvalue weighted by Crippen LogP contribution is 2.17. The first-order valence-corrected chi connectivity index (χ1v) is 9.66. The minimum atomic E-state index is -0.669. The van der Waals surface area contributed by atoms with Crippen LogP contribution >= 0.6 is 11.3 Å². The Bertz CT molecular complexity index is 1290. The highest BCUT2D eigenvalue weighted by atomic mass is 32.1. The lowest BCUT2D eigenvalue weighted by molar-refractivity contribution is -0.122. The lowest BCUT2D eigenvalue weighted by Crippen LogP contribution is -2.43. The van der Waals surface area contributed by atoms with Gasteiger partial charge in [-0.3, -0.25) is 14.2 Å². The van der Waals surface area contributed by atoms with Crippen molar-refractivity contribution in [2.75, 3.05) is 0 Å². The van der Waals surface area contributed by atoms with E-state index in [9.17, 15) is 18.8 Å². The van der Waals surface area contributed by atoms with Crippen LogP contribution in [0.4, 0.5) is 4.39 Å². The van der Waals surface area contributed by atoms with Gasteiger partial charge < -0.3 is 9.73 Å². The minimum Gasteiger partial charge on any atom is -0.467 e. The van der Waals surface area contributed by atoms with Gasteiger partial charge in [0, 0.05) is 5.56 Å². The number of halogens is 1. The fraction of sp³-hybridized carbons (Fsp3) is 0.150. The van der Waals surface area contributed by atoms with Crippen LogP contribution in [0.15, 0.2) is 68.1 Å². The Morgan fingerprint density at radius 3 is 2.69 bits per heavy atom. The molecule has 1 aromatic carbocycles. The number of fused-ring (bicyclic) bond motifs is 1. The molecule has 4 aromatic rings. The van der Waals surface area contributed by atoms with E-state index < -0.39 is 29.5 Å². The summed E-state index contributed by atoms with van der Waals surface area (Å²) in [5, 5.41) is 4.30. The predicted octanol–water partition coefficient (Wildman–Crippen LogP) is 2.32. The summed E-state index contributed by atoms with van der Waals surface area (Å²) in [4.78, 5) is 38.0. The summed E-state index contributed by atoms with van der Waals surface area (Å²) in [5.74, 6) is -0.401. The van der Waals surface area contributed by atoms with Gasteiger partial charge in [-0.1, -0.05) is 18.2 Å². The first-order chi connectivity index (χ1) is 14.0. The molecule has 1 N–H and O–H groups in total. The van der Waals surface area contributed by atoms with E-state index in [1.165, 1.54) is 28.2 Å². The van der Waals surface area contributed by atoms with Crippen LogP contribution in [0.25, 0.3) is 10.2 Å². The van der Waals surface area contributed by atoms with Crippen LogP contribution in [0.2, 0.25) is 0 Å². The van der Waals surface area contributed by atoms with E-state index in [2.05, 4.69) is 5.32 Å². The van der Waals surface area contributed by atoms with Gasteiger partial charge in [0.05, 0.1) is 24.9 Å². The van der Waals surface area contributed by atoms with Crippen molar-refractivity contribution in [2.45, 2.75) is 19.6 Å². The summed E-state index contributed by atoms with van der Waals surface area (Å²) < 4.78 is 21.8. The summed E-state index contributed by atoms with van der Waals surface area (Å²) >= 11 is 1.17. The molecule has 29 heavy (non-hydrogen) atoms. The van der Waals surface area contributed by atoms with Gasteiger partial charge in [0.2, 0.25) is 5.91 Å². The molecular weight excluding hydrogens is 397 g/mol. The molecule has 0 saturated heterocycles. The number of benzene rings is 1. The highest BCUT2D eigenvalue weighted by molar-refractivity contribution is 7.17. The summed E-state index contributed by atoms with van der Waals surface area (Å²) in [6.07, 6.45) is 1.48. The smallest absolute Gasteiger partial charge is 0.332 e. The normalized spacial score (nSPS) is 11.1. The van der Waals surface area contributed by atoms with E-state index in [-0.39, 0.29) is 13.1 Å². The lowest BCUT2D eigenvalue weighted by Gasteiger charge is -2.12. The summed E-state index contributed by atoms with van der Waals surface area (Å²) in [6.45, 7) is -0.345. The van der Waals surface area contributed by atoms with Gasteiger partial charge in [0.15, 0.2) is 0 Å². The zero-order valence-electron chi connectivity index (χ0n) is 15.1. The number of furan rings is 1. The first kappa shape index (κ1) is 18.9. The third kappa shape index (κ3) is 3.77. The van der Waals surface area contributed by atoms with Crippen molar-refractivity contribution in [2.24, 2.45) is 0 Å². The van der Waals surface area contributed by atoms with E-state index in [4.69, 9.17) is 4.42 Å². The molecule has 0 unspecified atom stereocenters. The van der Waals surface area contributed by atoms with Crippen molar-refractivity contribution in [3.63, 3.8) is 0 Å². The molecule has 7 nitrogen and oxygen atoms in total. The van der Waals surface area contributed by atoms with Gasteiger partial charge in [-0.05, 0) is 29.6 Å². The van der Waals surface area contributed by atoms with Gasteiger partial charge in [-0.2, -0.15) is 0 Å². The summed E-state index contributed by atoms with van der Waals surface area (Å²) in [6, 6.07) is 11.2. The maximum atomic E-state index is 14.1. The Balaban J connectivity index is 1.69. The molecule has 0 atom stereocenters. The second-order valence-corrected chi connectivity index (χ2v) is 7.26. The van der Waals surface area contributed by atoms with Gasteiger partial charge in [0.1, 0.15) is 22.8 Å². The first-order valence-electron chi connectivity index (χ1n) is 8.78. The number of amides is 1. The average Bonchev–Trinajstić information content (AvgIpc) is 3.40. The van der Waals surface area contributed by atoms with E-state index in [1.807, 2.05) is 0 Å². The van der Waals surface area contributed by atoms with Gasteiger partial charge >= 0.3 is 5.69 Å². The van der Waals surface area contributed by atoms with Crippen LogP contribution in [-0.4, -0.2) is 15.0 Å². The fourth-order valence-electron chi connectivity index (χ4n) is 3.02.